The average molecular weight is 853 g/mol. The summed E-state index contributed by atoms with van der Waals surface area (Å²) in [5.74, 6) is 2.05. The maximum absolute atomic E-state index is 12.3. The van der Waals surface area contributed by atoms with Gasteiger partial charge in [0.1, 0.15) is 37.4 Å². The molecule has 0 saturated carbocycles. The number of quaternary nitrogens is 2. The van der Waals surface area contributed by atoms with Gasteiger partial charge in [0.15, 0.2) is 0 Å². The Kier molecular flexibility index (Phi) is 11.4. The molecule has 0 radical (unpaired) electrons. The molecular weight excluding hydrogens is 800 g/mol. The molecule has 8 heterocycles. The summed E-state index contributed by atoms with van der Waals surface area (Å²) in [7, 11) is 0. The number of hydrogen-bond acceptors (Lipinski definition) is 4. The number of aliphatic hydroxyl groups is 2. The molecule has 6 saturated heterocycles. The highest BCUT2D eigenvalue weighted by atomic mass is 79.9. The fourth-order valence-electron chi connectivity index (χ4n) is 11.5. The van der Waals surface area contributed by atoms with Gasteiger partial charge in [-0.3, -0.25) is 9.97 Å². The minimum Gasteiger partial charge on any atom is -1.00 e. The predicted octanol–water partition coefficient (Wildman–Crippen LogP) is 2.08. The fraction of sp³-hybridized carbons (Fsp3) is 0.391. The van der Waals surface area contributed by atoms with Gasteiger partial charge >= 0.3 is 0 Å². The van der Waals surface area contributed by atoms with Crippen LogP contribution in [0.3, 0.4) is 0 Å². The lowest BCUT2D eigenvalue weighted by Gasteiger charge is -2.58. The second-order valence-electron chi connectivity index (χ2n) is 16.6. The molecule has 0 amide bonds. The van der Waals surface area contributed by atoms with Gasteiger partial charge in [-0.15, -0.1) is 13.2 Å². The number of piperidine rings is 6. The lowest BCUT2D eigenvalue weighted by Crippen LogP contribution is -3.00. The van der Waals surface area contributed by atoms with Gasteiger partial charge in [0.25, 0.3) is 0 Å². The average Bonchev–Trinajstić information content (AvgIpc) is 3.19. The van der Waals surface area contributed by atoms with E-state index in [4.69, 9.17) is 0 Å². The Morgan fingerprint density at radius 1 is 0.630 bits per heavy atom. The standard InChI is InChI=1S/C46H52N4O2.2BrH/c1-3-33-29-49(22-18-35(33)25-43(49)45(51)39-16-20-47-41-14-7-5-12-37(39)41)27-31-10-9-11-32(24-31)28-50-23-19-36(34(4-2)30-50)26-44(50)46(52)40-17-21-48-42-15-8-6-13-38(40)42;;/h3-17,20-21,24,33-36,43-46,51-52H,1-2,18-19,22-23,25-30H2;2*1H/q+2;;/p-2/t33-,34-,35-,36-,43+,44+,45-,46-,49?,50?;;/m0../s1. The van der Waals surface area contributed by atoms with Gasteiger partial charge < -0.3 is 53.1 Å². The van der Waals surface area contributed by atoms with Crippen LogP contribution in [-0.4, -0.2) is 67.4 Å². The van der Waals surface area contributed by atoms with Gasteiger partial charge in [-0.25, -0.2) is 0 Å². The smallest absolute Gasteiger partial charge is 0.131 e. The van der Waals surface area contributed by atoms with Crippen LogP contribution in [0.4, 0.5) is 0 Å². The highest BCUT2D eigenvalue weighted by molar-refractivity contribution is 5.83. The molecule has 0 spiro atoms. The Hall–Kier alpha value is -3.24. The van der Waals surface area contributed by atoms with Gasteiger partial charge in [0.2, 0.25) is 0 Å². The zero-order valence-electron chi connectivity index (χ0n) is 30.9. The van der Waals surface area contributed by atoms with Gasteiger partial charge in [-0.2, -0.15) is 0 Å². The van der Waals surface area contributed by atoms with Crippen molar-refractivity contribution in [3.8, 4) is 0 Å². The molecule has 54 heavy (non-hydrogen) atoms. The van der Waals surface area contributed by atoms with Crippen LogP contribution in [0.15, 0.2) is 123 Å². The first-order valence-electron chi connectivity index (χ1n) is 19.5. The van der Waals surface area contributed by atoms with E-state index < -0.39 is 12.2 Å². The summed E-state index contributed by atoms with van der Waals surface area (Å²) < 4.78 is 1.76. The Bertz CT molecular complexity index is 1990. The SMILES string of the molecule is C=C[C@H]1C[N+]2(Cc3cccc(C[N+]45CC[C@@H](C[C@@H]4[C@@H](O)c4ccnc6ccccc46)[C@@H](C=C)C5)c3)CC[C@H]1C[C@@H]2[C@@H](O)c1ccnc2ccccc12.[Br-].[Br-]. The molecule has 5 aromatic rings. The van der Waals surface area contributed by atoms with Crippen molar-refractivity contribution in [2.45, 2.75) is 63.1 Å². The van der Waals surface area contributed by atoms with Gasteiger partial charge in [-0.05, 0) is 53.3 Å². The number of benzene rings is 3. The van der Waals surface area contributed by atoms with Gasteiger partial charge in [0, 0.05) is 71.8 Å². The third-order valence-corrected chi connectivity index (χ3v) is 14.1. The lowest BCUT2D eigenvalue weighted by atomic mass is 9.71. The number of nitrogens with zero attached hydrogens (tertiary/aromatic N) is 4. The molecule has 0 aliphatic carbocycles. The third-order valence-electron chi connectivity index (χ3n) is 14.1. The third kappa shape index (κ3) is 6.71. The van der Waals surface area contributed by atoms with Crippen molar-refractivity contribution in [2.24, 2.45) is 23.7 Å². The molecular formula is C46H52Br2N4O2. The molecule has 6 nitrogen and oxygen atoms in total. The van der Waals surface area contributed by atoms with Gasteiger partial charge in [-0.1, -0.05) is 66.7 Å². The predicted molar refractivity (Wildman–Crippen MR) is 208 cm³/mol. The monoisotopic (exact) mass is 850 g/mol. The van der Waals surface area contributed by atoms with E-state index in [2.05, 4.69) is 71.7 Å². The number of para-hydroxylation sites is 2. The first kappa shape index (κ1) is 39.0. The zero-order valence-corrected chi connectivity index (χ0v) is 34.1. The molecule has 8 heteroatoms. The fourth-order valence-corrected chi connectivity index (χ4v) is 11.5. The van der Waals surface area contributed by atoms with Crippen LogP contribution < -0.4 is 34.0 Å². The first-order chi connectivity index (χ1) is 25.4. The van der Waals surface area contributed by atoms with Crippen molar-refractivity contribution in [3.63, 3.8) is 0 Å². The van der Waals surface area contributed by atoms with E-state index in [-0.39, 0.29) is 46.0 Å². The van der Waals surface area contributed by atoms with E-state index in [1.807, 2.05) is 60.9 Å². The molecule has 6 aliphatic heterocycles. The van der Waals surface area contributed by atoms with Crippen LogP contribution >= 0.6 is 0 Å². The highest BCUT2D eigenvalue weighted by Gasteiger charge is 2.55. The van der Waals surface area contributed by atoms with Crippen molar-refractivity contribution >= 4 is 21.8 Å². The van der Waals surface area contributed by atoms with Crippen LogP contribution in [0.2, 0.25) is 0 Å². The second kappa shape index (κ2) is 15.7. The second-order valence-corrected chi connectivity index (χ2v) is 16.6. The van der Waals surface area contributed by atoms with Crippen molar-refractivity contribution in [1.82, 2.24) is 9.97 Å². The maximum Gasteiger partial charge on any atom is 0.131 e. The summed E-state index contributed by atoms with van der Waals surface area (Å²) in [6.45, 7) is 14.5. The van der Waals surface area contributed by atoms with Crippen molar-refractivity contribution < 1.29 is 53.1 Å². The number of rotatable bonds is 10. The van der Waals surface area contributed by atoms with E-state index in [0.29, 0.717) is 23.7 Å². The Balaban J connectivity index is 0.00000225. The van der Waals surface area contributed by atoms with Crippen molar-refractivity contribution in [3.05, 3.63) is 145 Å². The van der Waals surface area contributed by atoms with Crippen LogP contribution in [0.25, 0.3) is 21.8 Å². The number of aromatic nitrogens is 2. The quantitative estimate of drug-likeness (QED) is 0.167. The van der Waals surface area contributed by atoms with E-state index in [0.717, 1.165) is 94.0 Å². The number of halogens is 2. The summed E-state index contributed by atoms with van der Waals surface area (Å²) in [6.07, 6.45) is 11.3. The molecule has 2 unspecified atom stereocenters. The molecule has 4 bridgehead atoms. The highest BCUT2D eigenvalue weighted by Crippen LogP contribution is 2.50. The molecule has 282 valence electrons. The van der Waals surface area contributed by atoms with E-state index in [1.165, 1.54) is 24.0 Å². The Morgan fingerprint density at radius 3 is 1.52 bits per heavy atom. The molecule has 6 fully saturated rings. The Morgan fingerprint density at radius 2 is 1.07 bits per heavy atom. The van der Waals surface area contributed by atoms with Crippen LogP contribution in [0.5, 0.6) is 0 Å². The number of aliphatic hydroxyl groups excluding tert-OH is 2. The zero-order chi connectivity index (χ0) is 35.5. The largest absolute Gasteiger partial charge is 1.00 e. The molecule has 2 N–H and O–H groups in total. The van der Waals surface area contributed by atoms with E-state index in [1.54, 1.807) is 0 Å². The summed E-state index contributed by atoms with van der Waals surface area (Å²) in [6, 6.07) is 30.0. The summed E-state index contributed by atoms with van der Waals surface area (Å²) in [5, 5.41) is 26.7. The summed E-state index contributed by atoms with van der Waals surface area (Å²) in [4.78, 5) is 9.21. The van der Waals surface area contributed by atoms with Crippen LogP contribution in [0, 0.1) is 23.7 Å². The molecule has 3 aromatic carbocycles. The minimum atomic E-state index is -0.569. The van der Waals surface area contributed by atoms with E-state index >= 15 is 0 Å². The molecule has 10 atom stereocenters. The molecule has 11 rings (SSSR count). The van der Waals surface area contributed by atoms with Crippen molar-refractivity contribution in [2.75, 3.05) is 26.2 Å². The van der Waals surface area contributed by atoms with E-state index in [9.17, 15) is 10.2 Å². The topological polar surface area (TPSA) is 66.2 Å². The summed E-state index contributed by atoms with van der Waals surface area (Å²) in [5.41, 5.74) is 6.54. The Labute approximate surface area is 341 Å². The number of pyridine rings is 2. The molecule has 2 aromatic heterocycles. The minimum absolute atomic E-state index is 0. The number of fused-ring (bicyclic) bond motifs is 8. The van der Waals surface area contributed by atoms with Crippen LogP contribution in [-0.2, 0) is 13.1 Å². The maximum atomic E-state index is 12.3. The van der Waals surface area contributed by atoms with Crippen molar-refractivity contribution in [1.29, 1.82) is 0 Å². The van der Waals surface area contributed by atoms with Gasteiger partial charge in [0.05, 0.1) is 37.2 Å². The normalized spacial score (nSPS) is 30.9. The van der Waals surface area contributed by atoms with Crippen LogP contribution in [0.1, 0.15) is 60.1 Å². The molecule has 6 aliphatic rings. The summed E-state index contributed by atoms with van der Waals surface area (Å²) >= 11 is 0. The first-order valence-corrected chi connectivity index (χ1v) is 19.5. The number of hydrogen-bond donors (Lipinski definition) is 2. The lowest BCUT2D eigenvalue weighted by molar-refractivity contribution is -0.985.